The van der Waals surface area contributed by atoms with Crippen LogP contribution in [0.2, 0.25) is 0 Å². The maximum atomic E-state index is 11.7. The number of hydrogen-bond donors (Lipinski definition) is 2. The van der Waals surface area contributed by atoms with Crippen molar-refractivity contribution in [2.24, 2.45) is 5.92 Å². The van der Waals surface area contributed by atoms with Crippen molar-refractivity contribution in [2.45, 2.75) is 25.2 Å². The van der Waals surface area contributed by atoms with E-state index >= 15 is 0 Å². The highest BCUT2D eigenvalue weighted by atomic mass is 31.2. The predicted molar refractivity (Wildman–Crippen MR) is 68.4 cm³/mol. The third kappa shape index (κ3) is 3.52. The van der Waals surface area contributed by atoms with Crippen LogP contribution >= 0.6 is 7.60 Å². The Balaban J connectivity index is 1.97. The Morgan fingerprint density at radius 1 is 1.22 bits per heavy atom. The molecule has 2 atom stereocenters. The standard InChI is InChI=1S/C13H17O4P/c14-13(9-18(15,16)17)12-7-6-11(8-12)10-4-2-1-3-5-10/h1-5,11-12H,6-9H2,(H2,15,16,17). The molecule has 2 unspecified atom stereocenters. The van der Waals surface area contributed by atoms with Gasteiger partial charge < -0.3 is 9.79 Å². The first-order valence-electron chi connectivity index (χ1n) is 6.08. The van der Waals surface area contributed by atoms with E-state index in [1.807, 2.05) is 30.3 Å². The first-order valence-corrected chi connectivity index (χ1v) is 7.88. The molecule has 0 aliphatic heterocycles. The van der Waals surface area contributed by atoms with Crippen molar-refractivity contribution in [1.82, 2.24) is 0 Å². The first kappa shape index (κ1) is 13.5. The summed E-state index contributed by atoms with van der Waals surface area (Å²) in [6, 6.07) is 9.98. The Kier molecular flexibility index (Phi) is 4.00. The smallest absolute Gasteiger partial charge is 0.324 e. The van der Waals surface area contributed by atoms with E-state index in [0.717, 1.165) is 12.8 Å². The SMILES string of the molecule is O=C(CP(=O)(O)O)C1CCC(c2ccccc2)C1. The van der Waals surface area contributed by atoms with Crippen molar-refractivity contribution in [3.05, 3.63) is 35.9 Å². The van der Waals surface area contributed by atoms with Gasteiger partial charge in [0.2, 0.25) is 0 Å². The van der Waals surface area contributed by atoms with Crippen LogP contribution in [0.25, 0.3) is 0 Å². The van der Waals surface area contributed by atoms with Gasteiger partial charge in [0.15, 0.2) is 0 Å². The van der Waals surface area contributed by atoms with Crippen molar-refractivity contribution in [3.63, 3.8) is 0 Å². The van der Waals surface area contributed by atoms with Crippen molar-refractivity contribution in [1.29, 1.82) is 0 Å². The predicted octanol–water partition coefficient (Wildman–Crippen LogP) is 2.32. The van der Waals surface area contributed by atoms with E-state index in [1.165, 1.54) is 5.56 Å². The van der Waals surface area contributed by atoms with Crippen LogP contribution in [0.5, 0.6) is 0 Å². The molecule has 98 valence electrons. The van der Waals surface area contributed by atoms with Crippen molar-refractivity contribution in [3.8, 4) is 0 Å². The minimum atomic E-state index is -4.22. The topological polar surface area (TPSA) is 74.6 Å². The van der Waals surface area contributed by atoms with E-state index in [2.05, 4.69) is 0 Å². The molecule has 0 amide bonds. The molecule has 1 aliphatic carbocycles. The number of rotatable bonds is 4. The van der Waals surface area contributed by atoms with E-state index < -0.39 is 13.8 Å². The van der Waals surface area contributed by atoms with Crippen molar-refractivity contribution in [2.75, 3.05) is 6.16 Å². The van der Waals surface area contributed by atoms with Gasteiger partial charge >= 0.3 is 7.60 Å². The lowest BCUT2D eigenvalue weighted by molar-refractivity contribution is -0.120. The molecule has 0 radical (unpaired) electrons. The molecule has 0 bridgehead atoms. The molecule has 1 aromatic rings. The first-order chi connectivity index (χ1) is 8.46. The number of Topliss-reactive ketones (excluding diaryl/α,β-unsaturated/α-hetero) is 1. The summed E-state index contributed by atoms with van der Waals surface area (Å²) in [5.74, 6) is -0.137. The number of ketones is 1. The number of benzene rings is 1. The van der Waals surface area contributed by atoms with E-state index in [-0.39, 0.29) is 11.7 Å². The summed E-state index contributed by atoms with van der Waals surface area (Å²) in [5, 5.41) is 0. The van der Waals surface area contributed by atoms with E-state index in [4.69, 9.17) is 9.79 Å². The zero-order valence-electron chi connectivity index (χ0n) is 10.0. The molecule has 0 heterocycles. The van der Waals surface area contributed by atoms with Gasteiger partial charge in [0.25, 0.3) is 0 Å². The molecule has 1 fully saturated rings. The maximum absolute atomic E-state index is 11.7. The molecule has 0 aromatic heterocycles. The molecule has 18 heavy (non-hydrogen) atoms. The van der Waals surface area contributed by atoms with Crippen LogP contribution in [-0.2, 0) is 9.36 Å². The average Bonchev–Trinajstić information content (AvgIpc) is 2.77. The Morgan fingerprint density at radius 3 is 2.50 bits per heavy atom. The van der Waals surface area contributed by atoms with E-state index in [0.29, 0.717) is 12.3 Å². The van der Waals surface area contributed by atoms with Crippen LogP contribution in [-0.4, -0.2) is 21.7 Å². The fraction of sp³-hybridized carbons (Fsp3) is 0.462. The highest BCUT2D eigenvalue weighted by molar-refractivity contribution is 7.52. The van der Waals surface area contributed by atoms with Crippen molar-refractivity contribution >= 4 is 13.4 Å². The van der Waals surface area contributed by atoms with E-state index in [9.17, 15) is 9.36 Å². The summed E-state index contributed by atoms with van der Waals surface area (Å²) in [7, 11) is -4.22. The average molecular weight is 268 g/mol. The summed E-state index contributed by atoms with van der Waals surface area (Å²) < 4.78 is 10.8. The highest BCUT2D eigenvalue weighted by Crippen LogP contribution is 2.42. The maximum Gasteiger partial charge on any atom is 0.332 e. The van der Waals surface area contributed by atoms with Crippen LogP contribution in [0.1, 0.15) is 30.7 Å². The normalized spacial score (nSPS) is 24.1. The Labute approximate surface area is 106 Å². The molecule has 0 saturated heterocycles. The summed E-state index contributed by atoms with van der Waals surface area (Å²) in [6.45, 7) is 0. The molecular weight excluding hydrogens is 251 g/mol. The molecule has 1 saturated carbocycles. The summed E-state index contributed by atoms with van der Waals surface area (Å²) >= 11 is 0. The highest BCUT2D eigenvalue weighted by Gasteiger charge is 2.33. The number of carbonyl (C=O) groups is 1. The molecule has 5 heteroatoms. The fourth-order valence-corrected chi connectivity index (χ4v) is 3.30. The summed E-state index contributed by atoms with van der Waals surface area (Å²) in [4.78, 5) is 29.4. The van der Waals surface area contributed by atoms with Gasteiger partial charge in [-0.25, -0.2) is 0 Å². The van der Waals surface area contributed by atoms with Gasteiger partial charge in [0.1, 0.15) is 11.9 Å². The largest absolute Gasteiger partial charge is 0.332 e. The van der Waals surface area contributed by atoms with Gasteiger partial charge in [-0.1, -0.05) is 30.3 Å². The summed E-state index contributed by atoms with van der Waals surface area (Å²) in [5.41, 5.74) is 1.21. The quantitative estimate of drug-likeness (QED) is 0.822. The Hall–Kier alpha value is -0.960. The van der Waals surface area contributed by atoms with Gasteiger partial charge in [-0.2, -0.15) is 0 Å². The monoisotopic (exact) mass is 268 g/mol. The lowest BCUT2D eigenvalue weighted by Gasteiger charge is -2.11. The van der Waals surface area contributed by atoms with Crippen molar-refractivity contribution < 1.29 is 19.1 Å². The van der Waals surface area contributed by atoms with E-state index in [1.54, 1.807) is 0 Å². The minimum absolute atomic E-state index is 0.192. The zero-order chi connectivity index (χ0) is 13.2. The third-order valence-corrected chi connectivity index (χ3v) is 4.24. The van der Waals surface area contributed by atoms with Crippen LogP contribution in [0.3, 0.4) is 0 Å². The summed E-state index contributed by atoms with van der Waals surface area (Å²) in [6.07, 6.45) is 1.75. The van der Waals surface area contributed by atoms with Crippen LogP contribution in [0.4, 0.5) is 0 Å². The lowest BCUT2D eigenvalue weighted by atomic mass is 9.95. The lowest BCUT2D eigenvalue weighted by Crippen LogP contribution is -2.15. The Morgan fingerprint density at radius 2 is 1.89 bits per heavy atom. The molecule has 1 aromatic carbocycles. The molecular formula is C13H17O4P. The van der Waals surface area contributed by atoms with Gasteiger partial charge in [0.05, 0.1) is 0 Å². The van der Waals surface area contributed by atoms with Crippen LogP contribution in [0.15, 0.2) is 30.3 Å². The van der Waals surface area contributed by atoms with Gasteiger partial charge in [0, 0.05) is 5.92 Å². The molecule has 1 aliphatic rings. The second-order valence-corrected chi connectivity index (χ2v) is 6.55. The fourth-order valence-electron chi connectivity index (χ4n) is 2.63. The van der Waals surface area contributed by atoms with Gasteiger partial charge in [-0.3, -0.25) is 9.36 Å². The molecule has 2 rings (SSSR count). The van der Waals surface area contributed by atoms with Gasteiger partial charge in [-0.05, 0) is 30.7 Å². The second kappa shape index (κ2) is 5.35. The van der Waals surface area contributed by atoms with Crippen LogP contribution < -0.4 is 0 Å². The molecule has 0 spiro atoms. The molecule has 4 nitrogen and oxygen atoms in total. The third-order valence-electron chi connectivity index (χ3n) is 3.52. The van der Waals surface area contributed by atoms with Gasteiger partial charge in [-0.15, -0.1) is 0 Å². The number of hydrogen-bond acceptors (Lipinski definition) is 2. The minimum Gasteiger partial charge on any atom is -0.324 e. The Bertz CT molecular complexity index is 465. The van der Waals surface area contributed by atoms with Crippen LogP contribution in [0, 0.1) is 5.92 Å². The zero-order valence-corrected chi connectivity index (χ0v) is 10.9. The molecule has 2 N–H and O–H groups in total. The second-order valence-electron chi connectivity index (χ2n) is 4.91. The number of carbonyl (C=O) groups excluding carboxylic acids is 1.